The molecule has 1 unspecified atom stereocenters. The number of carbonyl (C=O) groups is 1. The number of nitrogens with zero attached hydrogens (tertiary/aromatic N) is 2. The third kappa shape index (κ3) is 4.28. The van der Waals surface area contributed by atoms with Gasteiger partial charge in [0.1, 0.15) is 11.6 Å². The number of hydrogen-bond acceptors (Lipinski definition) is 2. The quantitative estimate of drug-likeness (QED) is 0.853. The van der Waals surface area contributed by atoms with E-state index in [2.05, 4.69) is 4.90 Å². The summed E-state index contributed by atoms with van der Waals surface area (Å²) in [4.78, 5) is 16.8. The summed E-state index contributed by atoms with van der Waals surface area (Å²) >= 11 is 0. The Morgan fingerprint density at radius 1 is 1.00 bits per heavy atom. The molecule has 0 radical (unpaired) electrons. The minimum Gasteiger partial charge on any atom is -0.342 e. The standard InChI is InChI=1S/C18H24F2N2O/c19-16-9-14(10-17(20)11-16)12-21-6-4-5-15(13-21)18(23)22-7-2-1-3-8-22/h9-11,15H,1-8,12-13H2. The second-order valence-electron chi connectivity index (χ2n) is 6.74. The molecular formula is C18H24F2N2O. The van der Waals surface area contributed by atoms with E-state index in [4.69, 9.17) is 0 Å². The smallest absolute Gasteiger partial charge is 0.226 e. The average molecular weight is 322 g/mol. The highest BCUT2D eigenvalue weighted by atomic mass is 19.1. The zero-order valence-corrected chi connectivity index (χ0v) is 13.4. The molecule has 0 aromatic heterocycles. The SMILES string of the molecule is O=C(C1CCCN(Cc2cc(F)cc(F)c2)C1)N1CCCCC1. The Morgan fingerprint density at radius 3 is 2.39 bits per heavy atom. The van der Waals surface area contributed by atoms with Gasteiger partial charge in [-0.25, -0.2) is 8.78 Å². The normalized spacial score (nSPS) is 23.0. The number of piperidine rings is 2. The predicted octanol–water partition coefficient (Wildman–Crippen LogP) is 3.19. The minimum absolute atomic E-state index is 0.0280. The molecule has 1 aromatic rings. The van der Waals surface area contributed by atoms with E-state index >= 15 is 0 Å². The second kappa shape index (κ2) is 7.39. The second-order valence-corrected chi connectivity index (χ2v) is 6.74. The Morgan fingerprint density at radius 2 is 1.70 bits per heavy atom. The summed E-state index contributed by atoms with van der Waals surface area (Å²) in [6, 6.07) is 3.64. The maximum atomic E-state index is 13.3. The zero-order valence-electron chi connectivity index (χ0n) is 13.4. The first-order valence-electron chi connectivity index (χ1n) is 8.58. The fraction of sp³-hybridized carbons (Fsp3) is 0.611. The van der Waals surface area contributed by atoms with Crippen molar-refractivity contribution in [3.8, 4) is 0 Å². The molecule has 2 saturated heterocycles. The van der Waals surface area contributed by atoms with Crippen molar-refractivity contribution in [1.82, 2.24) is 9.80 Å². The van der Waals surface area contributed by atoms with Crippen LogP contribution in [0, 0.1) is 17.6 Å². The Bertz CT molecular complexity index is 538. The van der Waals surface area contributed by atoms with Gasteiger partial charge in [0, 0.05) is 32.2 Å². The van der Waals surface area contributed by atoms with Crippen molar-refractivity contribution in [1.29, 1.82) is 0 Å². The third-order valence-electron chi connectivity index (χ3n) is 4.85. The van der Waals surface area contributed by atoms with Crippen LogP contribution in [-0.4, -0.2) is 41.9 Å². The van der Waals surface area contributed by atoms with E-state index in [0.29, 0.717) is 18.7 Å². The van der Waals surface area contributed by atoms with Gasteiger partial charge in [0.15, 0.2) is 0 Å². The number of hydrogen-bond donors (Lipinski definition) is 0. The van der Waals surface area contributed by atoms with E-state index in [9.17, 15) is 13.6 Å². The fourth-order valence-corrected chi connectivity index (χ4v) is 3.73. The third-order valence-corrected chi connectivity index (χ3v) is 4.85. The summed E-state index contributed by atoms with van der Waals surface area (Å²) < 4.78 is 26.6. The summed E-state index contributed by atoms with van der Waals surface area (Å²) in [5, 5.41) is 0. The van der Waals surface area contributed by atoms with Crippen molar-refractivity contribution in [2.45, 2.75) is 38.6 Å². The maximum Gasteiger partial charge on any atom is 0.226 e. The average Bonchev–Trinajstić information content (AvgIpc) is 2.54. The molecule has 0 N–H and O–H groups in total. The van der Waals surface area contributed by atoms with Crippen molar-refractivity contribution in [3.05, 3.63) is 35.4 Å². The molecule has 2 fully saturated rings. The lowest BCUT2D eigenvalue weighted by Gasteiger charge is -2.36. The molecule has 1 aromatic carbocycles. The number of likely N-dealkylation sites (tertiary alicyclic amines) is 2. The number of halogens is 2. The first kappa shape index (κ1) is 16.4. The van der Waals surface area contributed by atoms with Crippen molar-refractivity contribution < 1.29 is 13.6 Å². The lowest BCUT2D eigenvalue weighted by Crippen LogP contribution is -2.46. The van der Waals surface area contributed by atoms with Gasteiger partial charge in [-0.2, -0.15) is 0 Å². The molecule has 3 rings (SSSR count). The van der Waals surface area contributed by atoms with Gasteiger partial charge >= 0.3 is 0 Å². The lowest BCUT2D eigenvalue weighted by atomic mass is 9.95. The molecule has 2 heterocycles. The highest BCUT2D eigenvalue weighted by Crippen LogP contribution is 2.23. The first-order chi connectivity index (χ1) is 11.1. The molecule has 23 heavy (non-hydrogen) atoms. The van der Waals surface area contributed by atoms with Crippen LogP contribution in [0.15, 0.2) is 18.2 Å². The molecule has 2 aliphatic rings. The number of carbonyl (C=O) groups excluding carboxylic acids is 1. The topological polar surface area (TPSA) is 23.6 Å². The molecule has 126 valence electrons. The lowest BCUT2D eigenvalue weighted by molar-refractivity contribution is -0.138. The van der Waals surface area contributed by atoms with Gasteiger partial charge in [-0.1, -0.05) is 0 Å². The highest BCUT2D eigenvalue weighted by Gasteiger charge is 2.29. The van der Waals surface area contributed by atoms with Crippen LogP contribution < -0.4 is 0 Å². The molecule has 0 bridgehead atoms. The Kier molecular flexibility index (Phi) is 5.26. The fourth-order valence-electron chi connectivity index (χ4n) is 3.73. The number of amides is 1. The first-order valence-corrected chi connectivity index (χ1v) is 8.58. The van der Waals surface area contributed by atoms with E-state index in [0.717, 1.165) is 51.4 Å². The van der Waals surface area contributed by atoms with Gasteiger partial charge in [0.2, 0.25) is 5.91 Å². The van der Waals surface area contributed by atoms with Crippen molar-refractivity contribution >= 4 is 5.91 Å². The van der Waals surface area contributed by atoms with E-state index in [1.807, 2.05) is 4.90 Å². The molecule has 0 saturated carbocycles. The van der Waals surface area contributed by atoms with Gasteiger partial charge < -0.3 is 4.90 Å². The molecule has 0 spiro atoms. The number of rotatable bonds is 3. The van der Waals surface area contributed by atoms with Crippen LogP contribution in [0.1, 0.15) is 37.7 Å². The van der Waals surface area contributed by atoms with Crippen molar-refractivity contribution in [2.75, 3.05) is 26.2 Å². The van der Waals surface area contributed by atoms with E-state index < -0.39 is 11.6 Å². The van der Waals surface area contributed by atoms with Crippen LogP contribution in [0.25, 0.3) is 0 Å². The molecule has 3 nitrogen and oxygen atoms in total. The molecule has 1 atom stereocenters. The highest BCUT2D eigenvalue weighted by molar-refractivity contribution is 5.79. The molecule has 0 aliphatic carbocycles. The van der Waals surface area contributed by atoms with Crippen LogP contribution in [0.2, 0.25) is 0 Å². The molecular weight excluding hydrogens is 298 g/mol. The maximum absolute atomic E-state index is 13.3. The largest absolute Gasteiger partial charge is 0.342 e. The Hall–Kier alpha value is -1.49. The molecule has 5 heteroatoms. The van der Waals surface area contributed by atoms with E-state index in [-0.39, 0.29) is 11.8 Å². The van der Waals surface area contributed by atoms with E-state index in [1.165, 1.54) is 18.6 Å². The minimum atomic E-state index is -0.544. The summed E-state index contributed by atoms with van der Waals surface area (Å²) in [6.07, 6.45) is 5.30. The van der Waals surface area contributed by atoms with Gasteiger partial charge in [-0.3, -0.25) is 9.69 Å². The Labute approximate surface area is 136 Å². The monoisotopic (exact) mass is 322 g/mol. The van der Waals surface area contributed by atoms with Gasteiger partial charge in [-0.15, -0.1) is 0 Å². The van der Waals surface area contributed by atoms with Crippen LogP contribution >= 0.6 is 0 Å². The van der Waals surface area contributed by atoms with Gasteiger partial charge in [0.25, 0.3) is 0 Å². The molecule has 2 aliphatic heterocycles. The van der Waals surface area contributed by atoms with E-state index in [1.54, 1.807) is 0 Å². The molecule has 1 amide bonds. The van der Waals surface area contributed by atoms with Crippen LogP contribution in [-0.2, 0) is 11.3 Å². The van der Waals surface area contributed by atoms with Crippen LogP contribution in [0.3, 0.4) is 0 Å². The van der Waals surface area contributed by atoms with Gasteiger partial charge in [-0.05, 0) is 56.3 Å². The summed E-state index contributed by atoms with van der Waals surface area (Å²) in [7, 11) is 0. The zero-order chi connectivity index (χ0) is 16.2. The summed E-state index contributed by atoms with van der Waals surface area (Å²) in [5.41, 5.74) is 0.633. The van der Waals surface area contributed by atoms with Gasteiger partial charge in [0.05, 0.1) is 5.92 Å². The Balaban J connectivity index is 1.60. The summed E-state index contributed by atoms with van der Waals surface area (Å²) in [6.45, 7) is 3.82. The van der Waals surface area contributed by atoms with Crippen LogP contribution in [0.4, 0.5) is 8.78 Å². The van der Waals surface area contributed by atoms with Crippen LogP contribution in [0.5, 0.6) is 0 Å². The number of benzene rings is 1. The van der Waals surface area contributed by atoms with Crippen molar-refractivity contribution in [3.63, 3.8) is 0 Å². The summed E-state index contributed by atoms with van der Waals surface area (Å²) in [5.74, 6) is -0.795. The van der Waals surface area contributed by atoms with Crippen molar-refractivity contribution in [2.24, 2.45) is 5.92 Å². The predicted molar refractivity (Wildman–Crippen MR) is 84.8 cm³/mol.